The molecule has 0 unspecified atom stereocenters. The fourth-order valence-corrected chi connectivity index (χ4v) is 7.05. The monoisotopic (exact) mass is 502 g/mol. The number of carbonyl (C=O) groups is 1. The van der Waals surface area contributed by atoms with Crippen LogP contribution in [-0.4, -0.2) is 62.3 Å². The predicted molar refractivity (Wildman–Crippen MR) is 140 cm³/mol. The van der Waals surface area contributed by atoms with Crippen LogP contribution in [0.25, 0.3) is 22.2 Å². The molecule has 5 heterocycles. The maximum Gasteiger partial charge on any atom is 0.234 e. The molecule has 9 heteroatoms. The Morgan fingerprint density at radius 3 is 2.76 bits per heavy atom. The SMILES string of the molecule is NC(=O)[C@@H]1CCCN1[C@H]1C[C@H](n2cc(-c3cccc(OCC45CCC(CC4)O5)c3)c3c(N)ncnc32)C1. The molecule has 0 spiro atoms. The predicted octanol–water partition coefficient (Wildman–Crippen LogP) is 3.42. The zero-order valence-corrected chi connectivity index (χ0v) is 21.0. The zero-order chi connectivity index (χ0) is 25.1. The number of hydrogen-bond acceptors (Lipinski definition) is 7. The highest BCUT2D eigenvalue weighted by atomic mass is 16.6. The van der Waals surface area contributed by atoms with Crippen molar-refractivity contribution < 1.29 is 14.3 Å². The molecule has 2 aromatic heterocycles. The summed E-state index contributed by atoms with van der Waals surface area (Å²) in [4.78, 5) is 23.1. The Labute approximate surface area is 216 Å². The quantitative estimate of drug-likeness (QED) is 0.508. The van der Waals surface area contributed by atoms with E-state index < -0.39 is 0 Å². The van der Waals surface area contributed by atoms with E-state index in [4.69, 9.17) is 20.9 Å². The Kier molecular flexibility index (Phi) is 5.40. The van der Waals surface area contributed by atoms with E-state index in [9.17, 15) is 4.79 Å². The van der Waals surface area contributed by atoms with Gasteiger partial charge in [-0.2, -0.15) is 0 Å². The number of nitrogens with zero attached hydrogens (tertiary/aromatic N) is 4. The normalized spacial score (nSPS) is 31.1. The lowest BCUT2D eigenvalue weighted by atomic mass is 9.84. The van der Waals surface area contributed by atoms with Crippen molar-refractivity contribution in [1.82, 2.24) is 19.4 Å². The lowest BCUT2D eigenvalue weighted by Crippen LogP contribution is -2.51. The minimum atomic E-state index is -0.205. The second-order valence-electron chi connectivity index (χ2n) is 11.3. The van der Waals surface area contributed by atoms with Crippen LogP contribution in [0.1, 0.15) is 57.4 Å². The third-order valence-electron chi connectivity index (χ3n) is 9.12. The first-order chi connectivity index (χ1) is 18.0. The first kappa shape index (κ1) is 23.0. The topological polar surface area (TPSA) is 122 Å². The fraction of sp³-hybridized carbons (Fsp3) is 0.536. The Hall–Kier alpha value is -3.17. The summed E-state index contributed by atoms with van der Waals surface area (Å²) in [6.07, 6.45) is 12.4. The Morgan fingerprint density at radius 1 is 1.16 bits per heavy atom. The molecular weight excluding hydrogens is 468 g/mol. The van der Waals surface area contributed by atoms with Gasteiger partial charge in [0.15, 0.2) is 0 Å². The van der Waals surface area contributed by atoms with Crippen molar-refractivity contribution in [1.29, 1.82) is 0 Å². The number of likely N-dealkylation sites (tertiary alicyclic amines) is 1. The summed E-state index contributed by atoms with van der Waals surface area (Å²) < 4.78 is 14.7. The van der Waals surface area contributed by atoms with E-state index in [2.05, 4.69) is 37.8 Å². The summed E-state index contributed by atoms with van der Waals surface area (Å²) in [6, 6.07) is 8.71. The van der Waals surface area contributed by atoms with Crippen molar-refractivity contribution in [2.75, 3.05) is 18.9 Å². The molecule has 4 N–H and O–H groups in total. The minimum absolute atomic E-state index is 0.113. The van der Waals surface area contributed by atoms with Gasteiger partial charge in [0.1, 0.15) is 35.7 Å². The molecule has 9 nitrogen and oxygen atoms in total. The van der Waals surface area contributed by atoms with Crippen LogP contribution in [0.2, 0.25) is 0 Å². The summed E-state index contributed by atoms with van der Waals surface area (Å²) in [6.45, 7) is 1.53. The van der Waals surface area contributed by atoms with Crippen molar-refractivity contribution in [2.45, 2.75) is 81.2 Å². The van der Waals surface area contributed by atoms with Gasteiger partial charge in [-0.1, -0.05) is 12.1 Å². The molecule has 7 rings (SSSR count). The summed E-state index contributed by atoms with van der Waals surface area (Å²) >= 11 is 0. The second kappa shape index (κ2) is 8.70. The van der Waals surface area contributed by atoms with Crippen LogP contribution in [0.3, 0.4) is 0 Å². The number of carbonyl (C=O) groups excluding carboxylic acids is 1. The number of aromatic nitrogens is 3. The molecule has 1 saturated carbocycles. The minimum Gasteiger partial charge on any atom is -0.491 e. The van der Waals surface area contributed by atoms with E-state index >= 15 is 0 Å². The van der Waals surface area contributed by atoms with Crippen molar-refractivity contribution in [2.24, 2.45) is 5.73 Å². The van der Waals surface area contributed by atoms with Gasteiger partial charge in [0.2, 0.25) is 5.91 Å². The Balaban J connectivity index is 1.14. The molecule has 2 bridgehead atoms. The molecule has 4 aliphatic rings. The summed E-state index contributed by atoms with van der Waals surface area (Å²) in [7, 11) is 0. The van der Waals surface area contributed by atoms with Gasteiger partial charge in [0.25, 0.3) is 0 Å². The maximum absolute atomic E-state index is 11.9. The first-order valence-corrected chi connectivity index (χ1v) is 13.6. The van der Waals surface area contributed by atoms with Gasteiger partial charge in [-0.25, -0.2) is 9.97 Å². The molecule has 1 atom stereocenters. The molecule has 194 valence electrons. The highest BCUT2D eigenvalue weighted by Crippen LogP contribution is 2.45. The van der Waals surface area contributed by atoms with Crippen LogP contribution in [0.4, 0.5) is 5.82 Å². The van der Waals surface area contributed by atoms with E-state index in [-0.39, 0.29) is 23.6 Å². The van der Waals surface area contributed by atoms with E-state index in [1.54, 1.807) is 0 Å². The van der Waals surface area contributed by atoms with Crippen molar-refractivity contribution in [3.05, 3.63) is 36.8 Å². The lowest BCUT2D eigenvalue weighted by Gasteiger charge is -2.43. The lowest BCUT2D eigenvalue weighted by molar-refractivity contribution is -0.123. The van der Waals surface area contributed by atoms with Crippen LogP contribution >= 0.6 is 0 Å². The molecule has 37 heavy (non-hydrogen) atoms. The fourth-order valence-electron chi connectivity index (χ4n) is 7.05. The summed E-state index contributed by atoms with van der Waals surface area (Å²) in [5.41, 5.74) is 14.8. The largest absolute Gasteiger partial charge is 0.491 e. The van der Waals surface area contributed by atoms with Crippen LogP contribution in [0.15, 0.2) is 36.8 Å². The number of nitrogen functional groups attached to an aromatic ring is 1. The number of fused-ring (bicyclic) bond motifs is 3. The van der Waals surface area contributed by atoms with Crippen molar-refractivity contribution in [3.8, 4) is 16.9 Å². The van der Waals surface area contributed by atoms with Crippen molar-refractivity contribution in [3.63, 3.8) is 0 Å². The average molecular weight is 503 g/mol. The summed E-state index contributed by atoms with van der Waals surface area (Å²) in [5, 5.41) is 0.871. The molecule has 3 aliphatic heterocycles. The summed E-state index contributed by atoms with van der Waals surface area (Å²) in [5.74, 6) is 1.10. The van der Waals surface area contributed by atoms with E-state index in [0.717, 1.165) is 85.8 Å². The highest BCUT2D eigenvalue weighted by molar-refractivity contribution is 6.00. The third kappa shape index (κ3) is 3.87. The van der Waals surface area contributed by atoms with Gasteiger partial charge in [0, 0.05) is 23.8 Å². The highest BCUT2D eigenvalue weighted by Gasteiger charge is 2.47. The van der Waals surface area contributed by atoms with Crippen LogP contribution in [-0.2, 0) is 9.53 Å². The molecule has 1 aromatic carbocycles. The second-order valence-corrected chi connectivity index (χ2v) is 11.3. The third-order valence-corrected chi connectivity index (χ3v) is 9.12. The Bertz CT molecular complexity index is 1340. The van der Waals surface area contributed by atoms with E-state index in [0.29, 0.717) is 24.6 Å². The zero-order valence-electron chi connectivity index (χ0n) is 21.0. The number of benzene rings is 1. The average Bonchev–Trinajstić information content (AvgIpc) is 3.66. The number of anilines is 1. The first-order valence-electron chi connectivity index (χ1n) is 13.6. The standard InChI is InChI=1S/C28H34N6O3/c29-25-24-22(17-3-1-4-21(11-17)36-15-28-8-6-20(37-28)7-9-28)14-34(27(24)32-16-31-25)19-12-18(13-19)33-10-2-5-23(33)26(30)35/h1,3-4,11,14,16,18-20,23H,2,5-10,12-13,15H2,(H2,30,35)(H2,29,31,32)/t18-,19-,20?,23-,28?/m0/s1. The molecule has 4 fully saturated rings. The van der Waals surface area contributed by atoms with Gasteiger partial charge in [-0.15, -0.1) is 0 Å². The van der Waals surface area contributed by atoms with Crippen molar-refractivity contribution >= 4 is 22.8 Å². The number of hydrogen-bond donors (Lipinski definition) is 2. The number of rotatable bonds is 7. The van der Waals surface area contributed by atoms with Gasteiger partial charge in [0.05, 0.1) is 17.5 Å². The molecule has 0 radical (unpaired) electrons. The van der Waals surface area contributed by atoms with Crippen LogP contribution in [0, 0.1) is 0 Å². The maximum atomic E-state index is 11.9. The van der Waals surface area contributed by atoms with Gasteiger partial charge >= 0.3 is 0 Å². The molecule has 3 saturated heterocycles. The number of primary amides is 1. The Morgan fingerprint density at radius 2 is 2.00 bits per heavy atom. The van der Waals surface area contributed by atoms with Gasteiger partial charge in [-0.3, -0.25) is 9.69 Å². The molecule has 1 aliphatic carbocycles. The van der Waals surface area contributed by atoms with Crippen LogP contribution < -0.4 is 16.2 Å². The van der Waals surface area contributed by atoms with E-state index in [1.807, 2.05) is 12.1 Å². The van der Waals surface area contributed by atoms with Crippen LogP contribution in [0.5, 0.6) is 5.75 Å². The number of ether oxygens (including phenoxy) is 2. The molecular formula is C28H34N6O3. The molecule has 3 aromatic rings. The number of amides is 1. The molecule has 1 amide bonds. The van der Waals surface area contributed by atoms with E-state index in [1.165, 1.54) is 6.33 Å². The smallest absolute Gasteiger partial charge is 0.234 e. The van der Waals surface area contributed by atoms with Gasteiger partial charge < -0.3 is 25.5 Å². The van der Waals surface area contributed by atoms with Gasteiger partial charge in [-0.05, 0) is 75.6 Å². The number of nitrogens with two attached hydrogens (primary N) is 2.